The number of ether oxygens (including phenoxy) is 2. The summed E-state index contributed by atoms with van der Waals surface area (Å²) < 4.78 is 10.9. The zero-order valence-electron chi connectivity index (χ0n) is 13.4. The molecule has 0 saturated carbocycles. The van der Waals surface area contributed by atoms with Gasteiger partial charge in [0.05, 0.1) is 12.6 Å². The van der Waals surface area contributed by atoms with Gasteiger partial charge in [0.25, 0.3) is 0 Å². The Morgan fingerprint density at radius 2 is 2.22 bits per heavy atom. The standard InChI is InChI=1S/C17H23ClN2O3/c1-2-22-9-8-19-11-15-16(12-19)23-17(21)20(15)7-6-13-4-3-5-14(18)10-13/h3-5,10,15-16H,2,6-9,11-12H2,1H3/t15-,16+/m1/s1. The van der Waals surface area contributed by atoms with E-state index in [9.17, 15) is 4.79 Å². The molecule has 23 heavy (non-hydrogen) atoms. The van der Waals surface area contributed by atoms with Gasteiger partial charge >= 0.3 is 6.09 Å². The Balaban J connectivity index is 1.54. The molecule has 1 aromatic rings. The Hall–Kier alpha value is -1.30. The molecule has 1 aromatic carbocycles. The molecule has 126 valence electrons. The van der Waals surface area contributed by atoms with E-state index >= 15 is 0 Å². The highest BCUT2D eigenvalue weighted by Gasteiger charge is 2.47. The summed E-state index contributed by atoms with van der Waals surface area (Å²) in [6.07, 6.45) is 0.590. The number of hydrogen-bond acceptors (Lipinski definition) is 4. The lowest BCUT2D eigenvalue weighted by Gasteiger charge is -2.22. The number of halogens is 1. The number of carbonyl (C=O) groups excluding carboxylic acids is 1. The molecule has 1 amide bonds. The summed E-state index contributed by atoms with van der Waals surface area (Å²) in [6.45, 7) is 6.68. The van der Waals surface area contributed by atoms with E-state index in [1.165, 1.54) is 0 Å². The largest absolute Gasteiger partial charge is 0.442 e. The Morgan fingerprint density at radius 3 is 3.00 bits per heavy atom. The van der Waals surface area contributed by atoms with Crippen LogP contribution in [0.1, 0.15) is 12.5 Å². The highest BCUT2D eigenvalue weighted by Crippen LogP contribution is 2.27. The monoisotopic (exact) mass is 338 g/mol. The first-order valence-electron chi connectivity index (χ1n) is 8.19. The Labute approximate surface area is 142 Å². The third kappa shape index (κ3) is 3.97. The van der Waals surface area contributed by atoms with Crippen molar-refractivity contribution in [2.24, 2.45) is 0 Å². The van der Waals surface area contributed by atoms with Gasteiger partial charge < -0.3 is 9.47 Å². The summed E-state index contributed by atoms with van der Waals surface area (Å²) in [7, 11) is 0. The van der Waals surface area contributed by atoms with Crippen LogP contribution >= 0.6 is 11.6 Å². The molecule has 6 heteroatoms. The van der Waals surface area contributed by atoms with E-state index in [2.05, 4.69) is 4.90 Å². The Kier molecular flexibility index (Phi) is 5.41. The highest BCUT2D eigenvalue weighted by atomic mass is 35.5. The molecule has 0 bridgehead atoms. The van der Waals surface area contributed by atoms with Crippen LogP contribution in [0.15, 0.2) is 24.3 Å². The number of hydrogen-bond donors (Lipinski definition) is 0. The molecule has 2 atom stereocenters. The maximum Gasteiger partial charge on any atom is 0.410 e. The van der Waals surface area contributed by atoms with Gasteiger partial charge in [-0.1, -0.05) is 23.7 Å². The van der Waals surface area contributed by atoms with Crippen LogP contribution in [0, 0.1) is 0 Å². The van der Waals surface area contributed by atoms with Crippen molar-refractivity contribution in [2.75, 3.05) is 39.4 Å². The lowest BCUT2D eigenvalue weighted by molar-refractivity contribution is 0.0988. The average Bonchev–Trinajstić information content (AvgIpc) is 3.02. The number of fused-ring (bicyclic) bond motifs is 1. The van der Waals surface area contributed by atoms with E-state index in [4.69, 9.17) is 21.1 Å². The molecule has 3 rings (SSSR count). The number of benzene rings is 1. The first-order chi connectivity index (χ1) is 11.2. The van der Waals surface area contributed by atoms with Gasteiger partial charge in [-0.05, 0) is 31.0 Å². The van der Waals surface area contributed by atoms with Crippen molar-refractivity contribution >= 4 is 17.7 Å². The van der Waals surface area contributed by atoms with Gasteiger partial charge in [-0.25, -0.2) is 4.79 Å². The fourth-order valence-electron chi connectivity index (χ4n) is 3.30. The van der Waals surface area contributed by atoms with E-state index in [0.29, 0.717) is 6.54 Å². The predicted molar refractivity (Wildman–Crippen MR) is 88.9 cm³/mol. The van der Waals surface area contributed by atoms with Crippen molar-refractivity contribution in [2.45, 2.75) is 25.5 Å². The number of nitrogens with zero attached hydrogens (tertiary/aromatic N) is 2. The molecule has 0 unspecified atom stereocenters. The molecular weight excluding hydrogens is 316 g/mol. The molecule has 2 saturated heterocycles. The van der Waals surface area contributed by atoms with Gasteiger partial charge in [0, 0.05) is 37.8 Å². The fourth-order valence-corrected chi connectivity index (χ4v) is 3.51. The van der Waals surface area contributed by atoms with Crippen LogP contribution in [0.25, 0.3) is 0 Å². The molecule has 0 spiro atoms. The average molecular weight is 339 g/mol. The number of amides is 1. The third-order valence-corrected chi connectivity index (χ3v) is 4.72. The van der Waals surface area contributed by atoms with E-state index < -0.39 is 0 Å². The maximum absolute atomic E-state index is 12.1. The minimum absolute atomic E-state index is 0.0107. The summed E-state index contributed by atoms with van der Waals surface area (Å²) in [5.41, 5.74) is 1.14. The van der Waals surface area contributed by atoms with E-state index in [1.807, 2.05) is 36.1 Å². The topological polar surface area (TPSA) is 42.0 Å². The third-order valence-electron chi connectivity index (χ3n) is 4.49. The van der Waals surface area contributed by atoms with Gasteiger partial charge in [0.1, 0.15) is 6.10 Å². The van der Waals surface area contributed by atoms with E-state index in [0.717, 1.165) is 49.9 Å². The highest BCUT2D eigenvalue weighted by molar-refractivity contribution is 6.30. The first-order valence-corrected chi connectivity index (χ1v) is 8.57. The molecular formula is C17H23ClN2O3. The number of likely N-dealkylation sites (tertiary alicyclic amines) is 1. The fraction of sp³-hybridized carbons (Fsp3) is 0.588. The lowest BCUT2D eigenvalue weighted by atomic mass is 10.1. The van der Waals surface area contributed by atoms with Gasteiger partial charge in [0.2, 0.25) is 0 Å². The zero-order chi connectivity index (χ0) is 16.2. The SMILES string of the molecule is CCOCCN1C[C@@H]2OC(=O)N(CCc3cccc(Cl)c3)[C@@H]2C1. The van der Waals surface area contributed by atoms with Crippen molar-refractivity contribution < 1.29 is 14.3 Å². The normalized spacial score (nSPS) is 24.1. The van der Waals surface area contributed by atoms with Crippen LogP contribution in [0.3, 0.4) is 0 Å². The van der Waals surface area contributed by atoms with Gasteiger partial charge in [-0.2, -0.15) is 0 Å². The van der Waals surface area contributed by atoms with Gasteiger partial charge in [-0.3, -0.25) is 9.80 Å². The van der Waals surface area contributed by atoms with Crippen molar-refractivity contribution in [3.8, 4) is 0 Å². The number of rotatable bonds is 7. The molecule has 0 radical (unpaired) electrons. The van der Waals surface area contributed by atoms with Crippen molar-refractivity contribution in [1.29, 1.82) is 0 Å². The van der Waals surface area contributed by atoms with Gasteiger partial charge in [-0.15, -0.1) is 0 Å². The molecule has 2 aliphatic rings. The summed E-state index contributed by atoms with van der Waals surface area (Å²) in [5, 5.41) is 0.729. The molecule has 5 nitrogen and oxygen atoms in total. The Morgan fingerprint density at radius 1 is 1.35 bits per heavy atom. The molecule has 0 N–H and O–H groups in total. The minimum atomic E-state index is -0.188. The molecule has 0 aliphatic carbocycles. The van der Waals surface area contributed by atoms with Crippen molar-refractivity contribution in [3.05, 3.63) is 34.9 Å². The van der Waals surface area contributed by atoms with E-state index in [-0.39, 0.29) is 18.2 Å². The van der Waals surface area contributed by atoms with Crippen LogP contribution < -0.4 is 0 Å². The molecule has 2 aliphatic heterocycles. The smallest absolute Gasteiger partial charge is 0.410 e. The van der Waals surface area contributed by atoms with Crippen molar-refractivity contribution in [3.63, 3.8) is 0 Å². The van der Waals surface area contributed by atoms with Crippen molar-refractivity contribution in [1.82, 2.24) is 9.80 Å². The summed E-state index contributed by atoms with van der Waals surface area (Å²) in [5.74, 6) is 0. The molecule has 0 aromatic heterocycles. The lowest BCUT2D eigenvalue weighted by Crippen LogP contribution is -2.39. The summed E-state index contributed by atoms with van der Waals surface area (Å²) in [6, 6.07) is 7.94. The summed E-state index contributed by atoms with van der Waals surface area (Å²) >= 11 is 6.01. The maximum atomic E-state index is 12.1. The second-order valence-electron chi connectivity index (χ2n) is 6.02. The Bertz CT molecular complexity index is 554. The minimum Gasteiger partial charge on any atom is -0.442 e. The quantitative estimate of drug-likeness (QED) is 0.716. The van der Waals surface area contributed by atoms with E-state index in [1.54, 1.807) is 0 Å². The second kappa shape index (κ2) is 7.51. The zero-order valence-corrected chi connectivity index (χ0v) is 14.2. The van der Waals surface area contributed by atoms with Crippen LogP contribution in [0.5, 0.6) is 0 Å². The van der Waals surface area contributed by atoms with Crippen LogP contribution in [-0.2, 0) is 15.9 Å². The van der Waals surface area contributed by atoms with Crippen LogP contribution in [0.2, 0.25) is 5.02 Å². The number of carbonyl (C=O) groups is 1. The van der Waals surface area contributed by atoms with Gasteiger partial charge in [0.15, 0.2) is 0 Å². The van der Waals surface area contributed by atoms with Crippen LogP contribution in [0.4, 0.5) is 4.79 Å². The molecule has 2 heterocycles. The second-order valence-corrected chi connectivity index (χ2v) is 6.46. The molecule has 2 fully saturated rings. The van der Waals surface area contributed by atoms with Crippen LogP contribution in [-0.4, -0.2) is 67.4 Å². The first kappa shape index (κ1) is 16.6. The summed E-state index contributed by atoms with van der Waals surface area (Å²) in [4.78, 5) is 16.3. The predicted octanol–water partition coefficient (Wildman–Crippen LogP) is 2.42.